The number of nitro groups is 1. The van der Waals surface area contributed by atoms with Crippen molar-refractivity contribution in [2.24, 2.45) is 7.05 Å². The van der Waals surface area contributed by atoms with Gasteiger partial charge in [-0.3, -0.25) is 24.5 Å². The van der Waals surface area contributed by atoms with Gasteiger partial charge in [0.2, 0.25) is 15.9 Å². The molecule has 0 radical (unpaired) electrons. The molecule has 0 spiro atoms. The number of carbonyl (C=O) groups is 1. The van der Waals surface area contributed by atoms with Crippen molar-refractivity contribution in [3.63, 3.8) is 0 Å². The van der Waals surface area contributed by atoms with Crippen molar-refractivity contribution in [3.05, 3.63) is 40.7 Å². The molecule has 1 aromatic carbocycles. The van der Waals surface area contributed by atoms with Crippen LogP contribution < -0.4 is 10.1 Å². The fourth-order valence-corrected chi connectivity index (χ4v) is 4.51. The molecule has 1 aliphatic rings. The lowest BCUT2D eigenvalue weighted by molar-refractivity contribution is -0.384. The third-order valence-electron chi connectivity index (χ3n) is 4.69. The Morgan fingerprint density at radius 2 is 2.00 bits per heavy atom. The number of anilines is 1. The molecular formula is C17H22N6O6S. The number of methoxy groups -OCH3 is 1. The van der Waals surface area contributed by atoms with E-state index in [2.05, 4.69) is 10.4 Å². The number of amides is 1. The van der Waals surface area contributed by atoms with E-state index in [9.17, 15) is 23.3 Å². The van der Waals surface area contributed by atoms with E-state index >= 15 is 0 Å². The molecule has 12 nitrogen and oxygen atoms in total. The van der Waals surface area contributed by atoms with Gasteiger partial charge in [-0.05, 0) is 12.1 Å². The van der Waals surface area contributed by atoms with Crippen LogP contribution in [-0.2, 0) is 21.9 Å². The van der Waals surface area contributed by atoms with Gasteiger partial charge in [0, 0.05) is 39.4 Å². The first-order valence-corrected chi connectivity index (χ1v) is 10.5. The molecule has 2 aromatic rings. The molecule has 162 valence electrons. The van der Waals surface area contributed by atoms with Crippen molar-refractivity contribution in [1.29, 1.82) is 0 Å². The summed E-state index contributed by atoms with van der Waals surface area (Å²) in [6.07, 6.45) is 2.74. The van der Waals surface area contributed by atoms with Gasteiger partial charge >= 0.3 is 0 Å². The Balaban J connectivity index is 1.58. The number of ether oxygens (including phenoxy) is 1. The molecule has 1 fully saturated rings. The minimum atomic E-state index is -3.63. The number of piperazine rings is 1. The molecule has 3 rings (SSSR count). The summed E-state index contributed by atoms with van der Waals surface area (Å²) in [5, 5.41) is 17.7. The maximum Gasteiger partial charge on any atom is 0.296 e. The number of benzene rings is 1. The Morgan fingerprint density at radius 3 is 2.57 bits per heavy atom. The quantitative estimate of drug-likeness (QED) is 0.480. The Labute approximate surface area is 173 Å². The maximum absolute atomic E-state index is 12.6. The number of sulfonamides is 1. The molecule has 1 amide bonds. The highest BCUT2D eigenvalue weighted by Crippen LogP contribution is 2.29. The molecule has 0 atom stereocenters. The number of rotatable bonds is 7. The number of aryl methyl sites for hydroxylation is 1. The highest BCUT2D eigenvalue weighted by atomic mass is 32.2. The summed E-state index contributed by atoms with van der Waals surface area (Å²) in [6, 6.07) is 4.16. The maximum atomic E-state index is 12.6. The van der Waals surface area contributed by atoms with Crippen LogP contribution in [0.1, 0.15) is 0 Å². The summed E-state index contributed by atoms with van der Waals surface area (Å²) < 4.78 is 33.0. The smallest absolute Gasteiger partial charge is 0.296 e. The van der Waals surface area contributed by atoms with Gasteiger partial charge in [-0.15, -0.1) is 0 Å². The molecule has 1 saturated heterocycles. The van der Waals surface area contributed by atoms with Crippen LogP contribution in [0.15, 0.2) is 35.5 Å². The van der Waals surface area contributed by atoms with Crippen LogP contribution in [0.4, 0.5) is 11.4 Å². The van der Waals surface area contributed by atoms with Gasteiger partial charge in [0.05, 0.1) is 30.8 Å². The molecule has 13 heteroatoms. The summed E-state index contributed by atoms with van der Waals surface area (Å²) in [5.74, 6) is -0.113. The van der Waals surface area contributed by atoms with E-state index in [1.54, 1.807) is 11.9 Å². The Bertz CT molecular complexity index is 1040. The van der Waals surface area contributed by atoms with E-state index < -0.39 is 20.9 Å². The molecule has 0 aliphatic carbocycles. The fourth-order valence-electron chi connectivity index (χ4n) is 3.10. The van der Waals surface area contributed by atoms with Crippen molar-refractivity contribution in [1.82, 2.24) is 19.0 Å². The predicted octanol–water partition coefficient (Wildman–Crippen LogP) is 0.282. The van der Waals surface area contributed by atoms with Gasteiger partial charge in [-0.1, -0.05) is 0 Å². The van der Waals surface area contributed by atoms with E-state index in [4.69, 9.17) is 4.74 Å². The second-order valence-electron chi connectivity index (χ2n) is 6.72. The number of hydrogen-bond donors (Lipinski definition) is 1. The van der Waals surface area contributed by atoms with Gasteiger partial charge in [0.1, 0.15) is 16.3 Å². The second-order valence-corrected chi connectivity index (χ2v) is 8.66. The van der Waals surface area contributed by atoms with Gasteiger partial charge in [0.25, 0.3) is 5.69 Å². The van der Waals surface area contributed by atoms with Crippen molar-refractivity contribution in [3.8, 4) is 5.75 Å². The topological polar surface area (TPSA) is 140 Å². The first-order chi connectivity index (χ1) is 14.2. The molecule has 1 aromatic heterocycles. The number of aromatic nitrogens is 2. The standard InChI is InChI=1S/C17H22N6O6S/c1-20-11-14(10-18-20)30(27,28)22-7-5-21(6-8-22)12-17(24)19-15-4-3-13(29-2)9-16(15)23(25)26/h3-4,9-11H,5-8,12H2,1-2H3,(H,19,24). The number of carbonyl (C=O) groups excluding carboxylic acids is 1. The fraction of sp³-hybridized carbons (Fsp3) is 0.412. The van der Waals surface area contributed by atoms with E-state index in [-0.39, 0.29) is 35.9 Å². The number of hydrogen-bond acceptors (Lipinski definition) is 8. The second kappa shape index (κ2) is 8.77. The molecule has 0 saturated carbocycles. The summed E-state index contributed by atoms with van der Waals surface area (Å²) >= 11 is 0. The molecular weight excluding hydrogens is 416 g/mol. The van der Waals surface area contributed by atoms with E-state index in [1.165, 1.54) is 46.7 Å². The highest BCUT2D eigenvalue weighted by molar-refractivity contribution is 7.89. The lowest BCUT2D eigenvalue weighted by Gasteiger charge is -2.33. The molecule has 1 aliphatic heterocycles. The SMILES string of the molecule is COc1ccc(NC(=O)CN2CCN(S(=O)(=O)c3cnn(C)c3)CC2)c([N+](=O)[O-])c1. The van der Waals surface area contributed by atoms with Crippen LogP contribution in [0.2, 0.25) is 0 Å². The van der Waals surface area contributed by atoms with Crippen molar-refractivity contribution in [2.45, 2.75) is 4.90 Å². The number of nitro benzene ring substituents is 1. The first-order valence-electron chi connectivity index (χ1n) is 9.04. The Hall–Kier alpha value is -3.03. The Kier molecular flexibility index (Phi) is 6.34. The van der Waals surface area contributed by atoms with Gasteiger partial charge < -0.3 is 10.1 Å². The monoisotopic (exact) mass is 438 g/mol. The number of nitrogens with one attached hydrogen (secondary N) is 1. The van der Waals surface area contributed by atoms with Crippen LogP contribution >= 0.6 is 0 Å². The zero-order chi connectivity index (χ0) is 21.9. The highest BCUT2D eigenvalue weighted by Gasteiger charge is 2.30. The molecule has 2 heterocycles. The third-order valence-corrected chi connectivity index (χ3v) is 6.54. The summed E-state index contributed by atoms with van der Waals surface area (Å²) in [4.78, 5) is 24.9. The predicted molar refractivity (Wildman–Crippen MR) is 107 cm³/mol. The molecule has 0 bridgehead atoms. The zero-order valence-electron chi connectivity index (χ0n) is 16.5. The summed E-state index contributed by atoms with van der Waals surface area (Å²) in [5.41, 5.74) is -0.196. The van der Waals surface area contributed by atoms with Crippen LogP contribution in [0.5, 0.6) is 5.75 Å². The van der Waals surface area contributed by atoms with Crippen LogP contribution in [0, 0.1) is 10.1 Å². The lowest BCUT2D eigenvalue weighted by atomic mass is 10.2. The van der Waals surface area contributed by atoms with Crippen LogP contribution in [0.25, 0.3) is 0 Å². The Morgan fingerprint density at radius 1 is 1.30 bits per heavy atom. The molecule has 30 heavy (non-hydrogen) atoms. The van der Waals surface area contributed by atoms with E-state index in [1.807, 2.05) is 0 Å². The zero-order valence-corrected chi connectivity index (χ0v) is 17.3. The normalized spacial score (nSPS) is 15.7. The lowest BCUT2D eigenvalue weighted by Crippen LogP contribution is -2.50. The third kappa shape index (κ3) is 4.75. The van der Waals surface area contributed by atoms with E-state index in [0.717, 1.165) is 0 Å². The van der Waals surface area contributed by atoms with Crippen LogP contribution in [0.3, 0.4) is 0 Å². The largest absolute Gasteiger partial charge is 0.496 e. The van der Waals surface area contributed by atoms with Crippen molar-refractivity contribution in [2.75, 3.05) is 45.2 Å². The first kappa shape index (κ1) is 21.7. The van der Waals surface area contributed by atoms with Crippen molar-refractivity contribution >= 4 is 27.3 Å². The van der Waals surface area contributed by atoms with Gasteiger partial charge in [0.15, 0.2) is 0 Å². The molecule has 0 unspecified atom stereocenters. The van der Waals surface area contributed by atoms with Gasteiger partial charge in [-0.25, -0.2) is 8.42 Å². The van der Waals surface area contributed by atoms with Crippen molar-refractivity contribution < 1.29 is 22.9 Å². The number of nitrogens with zero attached hydrogens (tertiary/aromatic N) is 5. The molecule has 1 N–H and O–H groups in total. The van der Waals surface area contributed by atoms with Crippen LogP contribution in [-0.4, -0.2) is 78.1 Å². The summed E-state index contributed by atoms with van der Waals surface area (Å²) in [7, 11) is -0.592. The van der Waals surface area contributed by atoms with Gasteiger partial charge in [-0.2, -0.15) is 9.40 Å². The average Bonchev–Trinajstić information content (AvgIpc) is 3.15. The average molecular weight is 438 g/mol. The summed E-state index contributed by atoms with van der Waals surface area (Å²) in [6.45, 7) is 1.17. The minimum absolute atomic E-state index is 0.00996. The van der Waals surface area contributed by atoms with E-state index in [0.29, 0.717) is 18.8 Å². The minimum Gasteiger partial charge on any atom is -0.496 e.